The molecule has 106 valence electrons. The van der Waals surface area contributed by atoms with Gasteiger partial charge in [0.1, 0.15) is 0 Å². The molecule has 0 saturated heterocycles. The number of unbranched alkanes of at least 4 members (excludes halogenated alkanes) is 7. The fourth-order valence-electron chi connectivity index (χ4n) is 2.29. The van der Waals surface area contributed by atoms with Crippen LogP contribution in [0.5, 0.6) is 0 Å². The zero-order chi connectivity index (χ0) is 13.9. The molecule has 0 N–H and O–H groups in total. The normalized spacial score (nSPS) is 10.6. The van der Waals surface area contributed by atoms with Gasteiger partial charge in [0.15, 0.2) is 12.6 Å². The van der Waals surface area contributed by atoms with E-state index in [-0.39, 0.29) is 0 Å². The maximum Gasteiger partial charge on any atom is 0.160 e. The molecule has 0 aliphatic carbocycles. The van der Waals surface area contributed by atoms with E-state index in [9.17, 15) is 9.59 Å². The minimum Gasteiger partial charge on any atom is -0.298 e. The van der Waals surface area contributed by atoms with Crippen LogP contribution in [0.4, 0.5) is 0 Å². The van der Waals surface area contributed by atoms with E-state index in [4.69, 9.17) is 0 Å². The molecular formula is C16H24O2S. The molecule has 0 aliphatic heterocycles. The van der Waals surface area contributed by atoms with Crippen LogP contribution in [0.15, 0.2) is 5.38 Å². The van der Waals surface area contributed by atoms with Gasteiger partial charge in [0, 0.05) is 5.56 Å². The Kier molecular flexibility index (Phi) is 8.39. The van der Waals surface area contributed by atoms with E-state index in [1.54, 1.807) is 0 Å². The van der Waals surface area contributed by atoms with Crippen molar-refractivity contribution in [3.05, 3.63) is 21.4 Å². The Bertz CT molecular complexity index is 382. The van der Waals surface area contributed by atoms with Crippen molar-refractivity contribution in [3.63, 3.8) is 0 Å². The third-order valence-corrected chi connectivity index (χ3v) is 4.44. The lowest BCUT2D eigenvalue weighted by molar-refractivity contribution is 0.109. The molecule has 0 radical (unpaired) electrons. The van der Waals surface area contributed by atoms with Crippen molar-refractivity contribution in [2.75, 3.05) is 0 Å². The first-order chi connectivity index (χ1) is 9.33. The first-order valence-electron chi connectivity index (χ1n) is 7.34. The number of rotatable bonds is 11. The summed E-state index contributed by atoms with van der Waals surface area (Å²) in [7, 11) is 0. The molecule has 0 bridgehead atoms. The number of hydrogen-bond donors (Lipinski definition) is 0. The molecule has 0 amide bonds. The number of carbonyl (C=O) groups is 2. The summed E-state index contributed by atoms with van der Waals surface area (Å²) in [6.45, 7) is 2.24. The summed E-state index contributed by atoms with van der Waals surface area (Å²) in [5, 5.41) is 1.95. The van der Waals surface area contributed by atoms with Crippen molar-refractivity contribution >= 4 is 23.9 Å². The van der Waals surface area contributed by atoms with Gasteiger partial charge in [-0.3, -0.25) is 9.59 Å². The summed E-state index contributed by atoms with van der Waals surface area (Å²) < 4.78 is 0. The first-order valence-corrected chi connectivity index (χ1v) is 8.22. The molecule has 0 unspecified atom stereocenters. The topological polar surface area (TPSA) is 34.1 Å². The van der Waals surface area contributed by atoms with Crippen LogP contribution in [0, 0.1) is 0 Å². The molecule has 0 spiro atoms. The summed E-state index contributed by atoms with van der Waals surface area (Å²) in [4.78, 5) is 22.3. The summed E-state index contributed by atoms with van der Waals surface area (Å²) in [5.41, 5.74) is 1.66. The minimum absolute atomic E-state index is 0.574. The van der Waals surface area contributed by atoms with Gasteiger partial charge in [-0.1, -0.05) is 51.9 Å². The van der Waals surface area contributed by atoms with Crippen molar-refractivity contribution in [2.45, 2.75) is 64.7 Å². The highest BCUT2D eigenvalue weighted by Crippen LogP contribution is 2.21. The Labute approximate surface area is 120 Å². The molecule has 2 nitrogen and oxygen atoms in total. The molecule has 0 fully saturated rings. The summed E-state index contributed by atoms with van der Waals surface area (Å²) >= 11 is 1.38. The monoisotopic (exact) mass is 280 g/mol. The van der Waals surface area contributed by atoms with Gasteiger partial charge in [0.05, 0.1) is 4.88 Å². The maximum absolute atomic E-state index is 11.0. The third-order valence-electron chi connectivity index (χ3n) is 3.46. The Morgan fingerprint density at radius 1 is 0.947 bits per heavy atom. The first kappa shape index (κ1) is 16.1. The zero-order valence-corrected chi connectivity index (χ0v) is 12.6. The van der Waals surface area contributed by atoms with Gasteiger partial charge in [-0.05, 0) is 23.8 Å². The van der Waals surface area contributed by atoms with Gasteiger partial charge < -0.3 is 0 Å². The number of thiophene rings is 1. The van der Waals surface area contributed by atoms with Gasteiger partial charge in [-0.2, -0.15) is 0 Å². The summed E-state index contributed by atoms with van der Waals surface area (Å²) in [6, 6.07) is 0. The highest BCUT2D eigenvalue weighted by Gasteiger charge is 2.09. The number of carbonyl (C=O) groups excluding carboxylic acids is 2. The smallest absolute Gasteiger partial charge is 0.160 e. The fraction of sp³-hybridized carbons (Fsp3) is 0.625. The summed E-state index contributed by atoms with van der Waals surface area (Å²) in [5.74, 6) is 0. The molecule has 1 aromatic heterocycles. The largest absolute Gasteiger partial charge is 0.298 e. The predicted molar refractivity (Wildman–Crippen MR) is 81.4 cm³/mol. The molecule has 0 aliphatic rings. The second-order valence-electron chi connectivity index (χ2n) is 5.00. The Morgan fingerprint density at radius 3 is 2.16 bits per heavy atom. The van der Waals surface area contributed by atoms with E-state index in [1.165, 1.54) is 56.3 Å². The Hall–Kier alpha value is -0.960. The van der Waals surface area contributed by atoms with E-state index in [2.05, 4.69) is 6.92 Å². The van der Waals surface area contributed by atoms with Crippen LogP contribution in [0.25, 0.3) is 0 Å². The standard InChI is InChI=1S/C16H24O2S/c1-2-3-4-5-6-7-8-9-10-14-13-19-16(12-18)15(14)11-17/h11-13H,2-10H2,1H3. The lowest BCUT2D eigenvalue weighted by Gasteiger charge is -2.02. The van der Waals surface area contributed by atoms with E-state index < -0.39 is 0 Å². The second kappa shape index (κ2) is 9.90. The van der Waals surface area contributed by atoms with Gasteiger partial charge in [0.25, 0.3) is 0 Å². The van der Waals surface area contributed by atoms with Crippen LogP contribution in [-0.2, 0) is 6.42 Å². The zero-order valence-electron chi connectivity index (χ0n) is 11.8. The van der Waals surface area contributed by atoms with Crippen LogP contribution in [-0.4, -0.2) is 12.6 Å². The Morgan fingerprint density at radius 2 is 1.58 bits per heavy atom. The van der Waals surface area contributed by atoms with Crippen LogP contribution in [0.1, 0.15) is 83.9 Å². The van der Waals surface area contributed by atoms with Crippen LogP contribution < -0.4 is 0 Å². The number of hydrogen-bond acceptors (Lipinski definition) is 3. The maximum atomic E-state index is 11.0. The van der Waals surface area contributed by atoms with Gasteiger partial charge in [-0.15, -0.1) is 11.3 Å². The Balaban J connectivity index is 2.17. The SMILES string of the molecule is CCCCCCCCCCc1csc(C=O)c1C=O. The average Bonchev–Trinajstić information content (AvgIpc) is 2.83. The van der Waals surface area contributed by atoms with Crippen molar-refractivity contribution in [1.82, 2.24) is 0 Å². The molecule has 1 rings (SSSR count). The molecule has 0 atom stereocenters. The number of aldehydes is 2. The molecule has 0 aromatic carbocycles. The number of aryl methyl sites for hydroxylation is 1. The van der Waals surface area contributed by atoms with Gasteiger partial charge in [0.2, 0.25) is 0 Å². The minimum atomic E-state index is 0.574. The van der Waals surface area contributed by atoms with E-state index >= 15 is 0 Å². The fourth-order valence-corrected chi connectivity index (χ4v) is 3.16. The molecule has 19 heavy (non-hydrogen) atoms. The second-order valence-corrected chi connectivity index (χ2v) is 5.91. The highest BCUT2D eigenvalue weighted by molar-refractivity contribution is 7.12. The lowest BCUT2D eigenvalue weighted by atomic mass is 10.0. The van der Waals surface area contributed by atoms with Crippen molar-refractivity contribution in [3.8, 4) is 0 Å². The molecular weight excluding hydrogens is 256 g/mol. The average molecular weight is 280 g/mol. The quantitative estimate of drug-likeness (QED) is 0.419. The van der Waals surface area contributed by atoms with E-state index in [0.29, 0.717) is 10.4 Å². The van der Waals surface area contributed by atoms with E-state index in [0.717, 1.165) is 31.0 Å². The van der Waals surface area contributed by atoms with Crippen molar-refractivity contribution in [2.24, 2.45) is 0 Å². The van der Waals surface area contributed by atoms with Crippen molar-refractivity contribution in [1.29, 1.82) is 0 Å². The highest BCUT2D eigenvalue weighted by atomic mass is 32.1. The lowest BCUT2D eigenvalue weighted by Crippen LogP contribution is -1.92. The molecule has 3 heteroatoms. The summed E-state index contributed by atoms with van der Waals surface area (Å²) in [6.07, 6.45) is 12.8. The van der Waals surface area contributed by atoms with E-state index in [1.807, 2.05) is 5.38 Å². The molecule has 0 saturated carbocycles. The predicted octanol–water partition coefficient (Wildman–Crippen LogP) is 5.06. The van der Waals surface area contributed by atoms with Gasteiger partial charge in [-0.25, -0.2) is 0 Å². The van der Waals surface area contributed by atoms with Crippen LogP contribution >= 0.6 is 11.3 Å². The van der Waals surface area contributed by atoms with Crippen LogP contribution in [0.2, 0.25) is 0 Å². The molecule has 1 aromatic rings. The van der Waals surface area contributed by atoms with Crippen LogP contribution in [0.3, 0.4) is 0 Å². The third kappa shape index (κ3) is 5.68. The van der Waals surface area contributed by atoms with Crippen molar-refractivity contribution < 1.29 is 9.59 Å². The van der Waals surface area contributed by atoms with Gasteiger partial charge >= 0.3 is 0 Å². The molecule has 1 heterocycles.